The van der Waals surface area contributed by atoms with Gasteiger partial charge in [0.25, 0.3) is 0 Å². The van der Waals surface area contributed by atoms with Crippen molar-refractivity contribution >= 4 is 16.0 Å². The number of para-hydroxylation sites is 1. The van der Waals surface area contributed by atoms with Crippen molar-refractivity contribution in [3.63, 3.8) is 0 Å². The summed E-state index contributed by atoms with van der Waals surface area (Å²) in [4.78, 5) is 10.4. The Bertz CT molecular complexity index is 512. The summed E-state index contributed by atoms with van der Waals surface area (Å²) in [6, 6.07) is 5.92. The smallest absolute Gasteiger partial charge is 0.341 e. The molecule has 0 heterocycles. The molecule has 0 saturated heterocycles. The van der Waals surface area contributed by atoms with E-state index in [-0.39, 0.29) is 10.6 Å². The van der Waals surface area contributed by atoms with Gasteiger partial charge in [0.1, 0.15) is 10.6 Å². The van der Waals surface area contributed by atoms with Crippen LogP contribution in [0.3, 0.4) is 0 Å². The third-order valence-electron chi connectivity index (χ3n) is 2.03. The minimum absolute atomic E-state index is 0.0310. The van der Waals surface area contributed by atoms with Crippen molar-refractivity contribution in [3.05, 3.63) is 24.3 Å². The second kappa shape index (κ2) is 6.36. The summed E-state index contributed by atoms with van der Waals surface area (Å²) < 4.78 is 31.2. The van der Waals surface area contributed by atoms with Gasteiger partial charge >= 0.3 is 5.97 Å². The third kappa shape index (κ3) is 4.01. The second-order valence-corrected chi connectivity index (χ2v) is 5.26. The normalized spacial score (nSPS) is 11.2. The average Bonchev–Trinajstić information content (AvgIpc) is 2.34. The molecular weight excluding hydrogens is 258 g/mol. The van der Waals surface area contributed by atoms with Crippen LogP contribution in [0.4, 0.5) is 0 Å². The molecule has 0 aliphatic heterocycles. The Kier molecular flexibility index (Phi) is 5.11. The number of benzene rings is 1. The average molecular weight is 273 g/mol. The number of carboxylic acid groups (broad SMARTS) is 1. The third-order valence-corrected chi connectivity index (χ3v) is 3.53. The van der Waals surface area contributed by atoms with Crippen LogP contribution in [0.5, 0.6) is 5.75 Å². The van der Waals surface area contributed by atoms with Crippen LogP contribution in [-0.2, 0) is 14.8 Å². The topological polar surface area (TPSA) is 92.7 Å². The molecule has 6 nitrogen and oxygen atoms in total. The maximum Gasteiger partial charge on any atom is 0.341 e. The van der Waals surface area contributed by atoms with Crippen molar-refractivity contribution in [1.82, 2.24) is 4.72 Å². The molecule has 18 heavy (non-hydrogen) atoms. The number of nitrogens with one attached hydrogen (secondary N) is 1. The number of ether oxygens (including phenoxy) is 1. The molecule has 0 fully saturated rings. The molecule has 7 heteroatoms. The zero-order valence-corrected chi connectivity index (χ0v) is 10.7. The number of hydrogen-bond acceptors (Lipinski definition) is 4. The van der Waals surface area contributed by atoms with Crippen molar-refractivity contribution in [2.45, 2.75) is 18.2 Å². The number of carbonyl (C=O) groups is 1. The predicted molar refractivity (Wildman–Crippen MR) is 65.1 cm³/mol. The number of sulfonamides is 1. The van der Waals surface area contributed by atoms with Crippen LogP contribution in [0.25, 0.3) is 0 Å². The van der Waals surface area contributed by atoms with Crippen molar-refractivity contribution in [2.75, 3.05) is 13.2 Å². The lowest BCUT2D eigenvalue weighted by atomic mass is 10.3. The van der Waals surface area contributed by atoms with E-state index >= 15 is 0 Å². The van der Waals surface area contributed by atoms with E-state index in [0.717, 1.165) is 0 Å². The van der Waals surface area contributed by atoms with E-state index in [1.54, 1.807) is 12.1 Å². The summed E-state index contributed by atoms with van der Waals surface area (Å²) in [6.45, 7) is 1.57. The first-order chi connectivity index (χ1) is 8.47. The Morgan fingerprint density at radius 2 is 2.06 bits per heavy atom. The Balaban J connectivity index is 2.97. The summed E-state index contributed by atoms with van der Waals surface area (Å²) >= 11 is 0. The molecule has 0 amide bonds. The van der Waals surface area contributed by atoms with Gasteiger partial charge in [-0.05, 0) is 18.6 Å². The molecule has 2 N–H and O–H groups in total. The van der Waals surface area contributed by atoms with Gasteiger partial charge in [-0.3, -0.25) is 0 Å². The van der Waals surface area contributed by atoms with Crippen molar-refractivity contribution < 1.29 is 23.1 Å². The van der Waals surface area contributed by atoms with Crippen molar-refractivity contribution in [3.8, 4) is 5.75 Å². The fourth-order valence-electron chi connectivity index (χ4n) is 1.25. The van der Waals surface area contributed by atoms with Gasteiger partial charge in [0.05, 0.1) is 0 Å². The van der Waals surface area contributed by atoms with Crippen molar-refractivity contribution in [1.29, 1.82) is 0 Å². The molecule has 0 spiro atoms. The minimum Gasteiger partial charge on any atom is -0.480 e. The molecular formula is C11H15NO5S. The largest absolute Gasteiger partial charge is 0.480 e. The van der Waals surface area contributed by atoms with E-state index in [9.17, 15) is 13.2 Å². The maximum absolute atomic E-state index is 11.9. The Morgan fingerprint density at radius 3 is 2.67 bits per heavy atom. The lowest BCUT2D eigenvalue weighted by Gasteiger charge is -2.11. The lowest BCUT2D eigenvalue weighted by molar-refractivity contribution is -0.139. The van der Waals surface area contributed by atoms with Gasteiger partial charge < -0.3 is 9.84 Å². The molecule has 1 rings (SSSR count). The van der Waals surface area contributed by atoms with Crippen LogP contribution >= 0.6 is 0 Å². The first kappa shape index (κ1) is 14.5. The van der Waals surface area contributed by atoms with Gasteiger partial charge in [-0.1, -0.05) is 19.1 Å². The Morgan fingerprint density at radius 1 is 1.39 bits per heavy atom. The summed E-state index contributed by atoms with van der Waals surface area (Å²) in [5, 5.41) is 8.52. The molecule has 0 saturated carbocycles. The highest BCUT2D eigenvalue weighted by molar-refractivity contribution is 7.89. The van der Waals surface area contributed by atoms with E-state index in [0.29, 0.717) is 13.0 Å². The number of carboxylic acids is 1. The zero-order valence-electron chi connectivity index (χ0n) is 9.92. The first-order valence-corrected chi connectivity index (χ1v) is 6.89. The van der Waals surface area contributed by atoms with Crippen molar-refractivity contribution in [2.24, 2.45) is 0 Å². The summed E-state index contributed by atoms with van der Waals surface area (Å²) in [5.41, 5.74) is 0. The van der Waals surface area contributed by atoms with Crippen LogP contribution in [0, 0.1) is 0 Å². The maximum atomic E-state index is 11.9. The number of aliphatic carboxylic acids is 1. The van der Waals surface area contributed by atoms with Crippen LogP contribution < -0.4 is 9.46 Å². The highest BCUT2D eigenvalue weighted by atomic mass is 32.2. The monoisotopic (exact) mass is 273 g/mol. The van der Waals surface area contributed by atoms with E-state index in [1.165, 1.54) is 12.1 Å². The lowest BCUT2D eigenvalue weighted by Crippen LogP contribution is -2.25. The minimum atomic E-state index is -3.67. The second-order valence-electron chi connectivity index (χ2n) is 3.53. The van der Waals surface area contributed by atoms with E-state index in [1.807, 2.05) is 6.92 Å². The molecule has 100 valence electrons. The predicted octanol–water partition coefficient (Wildman–Crippen LogP) is 0.838. The molecule has 0 unspecified atom stereocenters. The van der Waals surface area contributed by atoms with E-state index in [4.69, 9.17) is 9.84 Å². The van der Waals surface area contributed by atoms with Gasteiger partial charge in [0.15, 0.2) is 6.61 Å². The van der Waals surface area contributed by atoms with Gasteiger partial charge in [0.2, 0.25) is 10.0 Å². The standard InChI is InChI=1S/C11H15NO5S/c1-2-7-12-18(15,16)10-6-4-3-5-9(10)17-8-11(13)14/h3-6,12H,2,7-8H2,1H3,(H,13,14). The fraction of sp³-hybridized carbons (Fsp3) is 0.364. The van der Waals surface area contributed by atoms with Gasteiger partial charge in [-0.2, -0.15) is 0 Å². The Hall–Kier alpha value is -1.60. The SMILES string of the molecule is CCCNS(=O)(=O)c1ccccc1OCC(=O)O. The van der Waals surface area contributed by atoms with Crippen LogP contribution in [0.1, 0.15) is 13.3 Å². The molecule has 1 aromatic carbocycles. The van der Waals surface area contributed by atoms with Gasteiger partial charge in [0, 0.05) is 6.54 Å². The van der Waals surface area contributed by atoms with Crippen LogP contribution in [0.2, 0.25) is 0 Å². The summed E-state index contributed by atoms with van der Waals surface area (Å²) in [5.74, 6) is -1.13. The summed E-state index contributed by atoms with van der Waals surface area (Å²) in [7, 11) is -3.67. The first-order valence-electron chi connectivity index (χ1n) is 5.40. The highest BCUT2D eigenvalue weighted by Gasteiger charge is 2.18. The Labute approximate surface area is 106 Å². The van der Waals surface area contributed by atoms with E-state index < -0.39 is 22.6 Å². The molecule has 0 atom stereocenters. The summed E-state index contributed by atoms with van der Waals surface area (Å²) in [6.07, 6.45) is 0.664. The molecule has 1 aromatic rings. The molecule has 0 aliphatic rings. The molecule has 0 aliphatic carbocycles. The van der Waals surface area contributed by atoms with E-state index in [2.05, 4.69) is 4.72 Å². The van der Waals surface area contributed by atoms with Gasteiger partial charge in [-0.15, -0.1) is 0 Å². The van der Waals surface area contributed by atoms with Crippen LogP contribution in [0.15, 0.2) is 29.2 Å². The van der Waals surface area contributed by atoms with Gasteiger partial charge in [-0.25, -0.2) is 17.9 Å². The highest BCUT2D eigenvalue weighted by Crippen LogP contribution is 2.22. The molecule has 0 radical (unpaired) electrons. The molecule has 0 bridgehead atoms. The quantitative estimate of drug-likeness (QED) is 0.768. The number of hydrogen-bond donors (Lipinski definition) is 2. The molecule has 0 aromatic heterocycles. The number of rotatable bonds is 7. The van der Waals surface area contributed by atoms with Crippen LogP contribution in [-0.4, -0.2) is 32.6 Å². The fourth-order valence-corrected chi connectivity index (χ4v) is 2.52. The zero-order chi connectivity index (χ0) is 13.6.